The van der Waals surface area contributed by atoms with Crippen molar-refractivity contribution in [3.05, 3.63) is 49.8 Å². The zero-order chi connectivity index (χ0) is 15.6. The molecule has 2 heterocycles. The number of nitriles is 1. The Morgan fingerprint density at radius 1 is 1.43 bits per heavy atom. The second kappa shape index (κ2) is 6.02. The van der Waals surface area contributed by atoms with Crippen molar-refractivity contribution in [1.82, 2.24) is 9.97 Å². The number of pyridine rings is 1. The molecule has 1 atom stereocenters. The molecule has 0 aliphatic carbocycles. The molecule has 0 saturated heterocycles. The Hall–Kier alpha value is -2.26. The lowest BCUT2D eigenvalue weighted by molar-refractivity contribution is 0.0977. The summed E-state index contributed by atoms with van der Waals surface area (Å²) in [6.45, 7) is 5.71. The van der Waals surface area contributed by atoms with Gasteiger partial charge in [0, 0.05) is 11.1 Å². The molecule has 0 aromatic carbocycles. The smallest absolute Gasteiger partial charge is 0.259 e. The van der Waals surface area contributed by atoms with Crippen LogP contribution in [0.3, 0.4) is 0 Å². The largest absolute Gasteiger partial charge is 0.326 e. The average molecular weight is 301 g/mol. The molecule has 2 aromatic heterocycles. The van der Waals surface area contributed by atoms with Gasteiger partial charge in [0.05, 0.1) is 17.3 Å². The summed E-state index contributed by atoms with van der Waals surface area (Å²) >= 11 is 1.28. The number of ketones is 1. The van der Waals surface area contributed by atoms with Crippen LogP contribution >= 0.6 is 11.3 Å². The predicted molar refractivity (Wildman–Crippen MR) is 80.7 cm³/mol. The van der Waals surface area contributed by atoms with Crippen LogP contribution in [0.4, 0.5) is 0 Å². The molecule has 5 nitrogen and oxygen atoms in total. The summed E-state index contributed by atoms with van der Waals surface area (Å²) in [5, 5.41) is 11.6. The summed E-state index contributed by atoms with van der Waals surface area (Å²) in [6.07, 6.45) is 0. The Labute approximate surface area is 126 Å². The van der Waals surface area contributed by atoms with E-state index in [2.05, 4.69) is 9.97 Å². The van der Waals surface area contributed by atoms with Crippen molar-refractivity contribution >= 4 is 17.1 Å². The van der Waals surface area contributed by atoms with Gasteiger partial charge in [0.2, 0.25) is 0 Å². The van der Waals surface area contributed by atoms with E-state index in [-0.39, 0.29) is 11.5 Å². The van der Waals surface area contributed by atoms with Gasteiger partial charge < -0.3 is 4.98 Å². The number of nitrogens with one attached hydrogen (secondary N) is 1. The van der Waals surface area contributed by atoms with Crippen molar-refractivity contribution in [2.45, 2.75) is 32.6 Å². The summed E-state index contributed by atoms with van der Waals surface area (Å²) in [4.78, 5) is 31.2. The van der Waals surface area contributed by atoms with Gasteiger partial charge in [-0.3, -0.25) is 9.59 Å². The molecule has 0 aliphatic rings. The van der Waals surface area contributed by atoms with Crippen LogP contribution in [0.1, 0.15) is 52.4 Å². The third-order valence-electron chi connectivity index (χ3n) is 3.09. The number of carbonyl (C=O) groups excluding carboxylic acids is 1. The Kier molecular flexibility index (Phi) is 4.34. The van der Waals surface area contributed by atoms with Crippen LogP contribution in [0.2, 0.25) is 0 Å². The van der Waals surface area contributed by atoms with Crippen LogP contribution in [-0.4, -0.2) is 15.8 Å². The first-order valence-electron chi connectivity index (χ1n) is 6.53. The molecule has 0 aliphatic heterocycles. The molecule has 108 valence electrons. The van der Waals surface area contributed by atoms with Gasteiger partial charge in [-0.05, 0) is 25.0 Å². The molecule has 21 heavy (non-hydrogen) atoms. The van der Waals surface area contributed by atoms with E-state index in [9.17, 15) is 14.9 Å². The fourth-order valence-corrected chi connectivity index (χ4v) is 2.87. The Morgan fingerprint density at radius 3 is 2.67 bits per heavy atom. The number of aryl methyl sites for hydroxylation is 1. The predicted octanol–water partition coefficient (Wildman–Crippen LogP) is 2.75. The van der Waals surface area contributed by atoms with Crippen LogP contribution in [0.5, 0.6) is 0 Å². The maximum Gasteiger partial charge on any atom is 0.259 e. The Bertz CT molecular complexity index is 768. The molecule has 1 N–H and O–H groups in total. The number of H-pyrrole nitrogens is 1. The van der Waals surface area contributed by atoms with Crippen molar-refractivity contribution in [2.75, 3.05) is 0 Å². The fourth-order valence-electron chi connectivity index (χ4n) is 1.85. The monoisotopic (exact) mass is 301 g/mol. The maximum atomic E-state index is 12.4. The van der Waals surface area contributed by atoms with Gasteiger partial charge in [-0.15, -0.1) is 11.3 Å². The summed E-state index contributed by atoms with van der Waals surface area (Å²) < 4.78 is 0. The van der Waals surface area contributed by atoms with Crippen LogP contribution < -0.4 is 5.56 Å². The molecule has 2 rings (SSSR count). The van der Waals surface area contributed by atoms with Crippen LogP contribution in [-0.2, 0) is 0 Å². The Balaban J connectivity index is 2.39. The van der Waals surface area contributed by atoms with Crippen molar-refractivity contribution in [1.29, 1.82) is 5.26 Å². The molecule has 0 radical (unpaired) electrons. The topological polar surface area (TPSA) is 86.6 Å². The van der Waals surface area contributed by atoms with Gasteiger partial charge in [-0.1, -0.05) is 13.8 Å². The molecular formula is C15H15N3O2S. The molecule has 1 unspecified atom stereocenters. The third kappa shape index (κ3) is 3.09. The fraction of sp³-hybridized carbons (Fsp3) is 0.333. The molecule has 0 spiro atoms. The van der Waals surface area contributed by atoms with Crippen molar-refractivity contribution in [3.63, 3.8) is 0 Å². The van der Waals surface area contributed by atoms with E-state index < -0.39 is 17.3 Å². The highest BCUT2D eigenvalue weighted by molar-refractivity contribution is 7.10. The highest BCUT2D eigenvalue weighted by Gasteiger charge is 2.27. The molecule has 0 fully saturated rings. The number of nitrogens with zero attached hydrogens (tertiary/aromatic N) is 2. The number of hydrogen-bond acceptors (Lipinski definition) is 5. The minimum atomic E-state index is -1.04. The van der Waals surface area contributed by atoms with Crippen molar-refractivity contribution in [3.8, 4) is 6.07 Å². The van der Waals surface area contributed by atoms with Crippen LogP contribution in [0.15, 0.2) is 22.3 Å². The second-order valence-corrected chi connectivity index (χ2v) is 5.97. The van der Waals surface area contributed by atoms with E-state index in [1.165, 1.54) is 17.4 Å². The summed E-state index contributed by atoms with van der Waals surface area (Å²) in [5.74, 6) is -1.32. The molecule has 2 aromatic rings. The van der Waals surface area contributed by atoms with Crippen molar-refractivity contribution < 1.29 is 4.79 Å². The lowest BCUT2D eigenvalue weighted by atomic mass is 10.0. The van der Waals surface area contributed by atoms with Gasteiger partial charge in [0.25, 0.3) is 5.56 Å². The van der Waals surface area contributed by atoms with E-state index in [0.717, 1.165) is 5.69 Å². The SMILES string of the molecule is Cc1ccc(C(=O)C(C#N)c2nc(C(C)C)cs2)c(=O)[nH]1. The molecule has 0 bridgehead atoms. The van der Waals surface area contributed by atoms with E-state index in [1.54, 1.807) is 13.0 Å². The Morgan fingerprint density at radius 2 is 2.14 bits per heavy atom. The normalized spacial score (nSPS) is 12.1. The highest BCUT2D eigenvalue weighted by atomic mass is 32.1. The first-order chi connectivity index (χ1) is 9.93. The van der Waals surface area contributed by atoms with Gasteiger partial charge >= 0.3 is 0 Å². The van der Waals surface area contributed by atoms with E-state index in [4.69, 9.17) is 0 Å². The van der Waals surface area contributed by atoms with E-state index >= 15 is 0 Å². The van der Waals surface area contributed by atoms with Gasteiger partial charge in [-0.25, -0.2) is 4.98 Å². The van der Waals surface area contributed by atoms with E-state index in [0.29, 0.717) is 10.7 Å². The summed E-state index contributed by atoms with van der Waals surface area (Å²) in [7, 11) is 0. The molecule has 6 heteroatoms. The highest BCUT2D eigenvalue weighted by Crippen LogP contribution is 2.26. The minimum absolute atomic E-state index is 0.00607. The maximum absolute atomic E-state index is 12.4. The van der Waals surface area contributed by atoms with Gasteiger partial charge in [0.1, 0.15) is 5.01 Å². The van der Waals surface area contributed by atoms with Crippen molar-refractivity contribution in [2.24, 2.45) is 0 Å². The molecular weight excluding hydrogens is 286 g/mol. The minimum Gasteiger partial charge on any atom is -0.326 e. The number of aromatic nitrogens is 2. The van der Waals surface area contributed by atoms with Crippen LogP contribution in [0, 0.1) is 18.3 Å². The number of carbonyl (C=O) groups is 1. The first-order valence-corrected chi connectivity index (χ1v) is 7.41. The first kappa shape index (κ1) is 15.1. The molecule has 0 amide bonds. The summed E-state index contributed by atoms with van der Waals surface area (Å²) in [5.41, 5.74) is 1.04. The lowest BCUT2D eigenvalue weighted by Crippen LogP contribution is -2.22. The average Bonchev–Trinajstić information content (AvgIpc) is 2.89. The van der Waals surface area contributed by atoms with Crippen LogP contribution in [0.25, 0.3) is 0 Å². The van der Waals surface area contributed by atoms with Gasteiger partial charge in [-0.2, -0.15) is 5.26 Å². The number of rotatable bonds is 4. The number of hydrogen-bond donors (Lipinski definition) is 1. The number of thiazole rings is 1. The lowest BCUT2D eigenvalue weighted by Gasteiger charge is -2.05. The second-order valence-electron chi connectivity index (χ2n) is 5.08. The van der Waals surface area contributed by atoms with E-state index in [1.807, 2.05) is 25.3 Å². The standard InChI is InChI=1S/C15H15N3O2S/c1-8(2)12-7-21-15(18-12)11(6-16)13(19)10-5-4-9(3)17-14(10)20/h4-5,7-8,11H,1-3H3,(H,17,20). The number of aromatic amines is 1. The zero-order valence-electron chi connectivity index (χ0n) is 12.0. The summed E-state index contributed by atoms with van der Waals surface area (Å²) in [6, 6.07) is 5.06. The quantitative estimate of drug-likeness (QED) is 0.880. The molecule has 0 saturated carbocycles. The number of Topliss-reactive ketones (excluding diaryl/α,β-unsaturated/α-hetero) is 1. The zero-order valence-corrected chi connectivity index (χ0v) is 12.8. The third-order valence-corrected chi connectivity index (χ3v) is 4.02. The van der Waals surface area contributed by atoms with Gasteiger partial charge in [0.15, 0.2) is 11.7 Å².